The average Bonchev–Trinajstić information content (AvgIpc) is 2.42. The molecule has 1 rings (SSSR count). The number of nitrogens with zero attached hydrogens (tertiary/aromatic N) is 2. The van der Waals surface area contributed by atoms with E-state index >= 15 is 0 Å². The molecule has 104 valence electrons. The van der Waals surface area contributed by atoms with Crippen LogP contribution in [0.3, 0.4) is 0 Å². The van der Waals surface area contributed by atoms with E-state index in [0.29, 0.717) is 12.3 Å². The monoisotopic (exact) mass is 260 g/mol. The molecule has 0 atom stereocenters. The minimum absolute atomic E-state index is 0.606. The van der Waals surface area contributed by atoms with Crippen molar-refractivity contribution in [3.63, 3.8) is 0 Å². The van der Waals surface area contributed by atoms with E-state index in [2.05, 4.69) is 36.9 Å². The Kier molecular flexibility index (Phi) is 6.99. The van der Waals surface area contributed by atoms with E-state index in [-0.39, 0.29) is 0 Å². The van der Waals surface area contributed by atoms with Gasteiger partial charge in [-0.1, -0.05) is 26.0 Å². The van der Waals surface area contributed by atoms with Crippen LogP contribution in [-0.2, 0) is 6.42 Å². The van der Waals surface area contributed by atoms with Gasteiger partial charge in [0, 0.05) is 26.1 Å². The molecule has 0 bridgehead atoms. The molecule has 0 radical (unpaired) electrons. The smallest absolute Gasteiger partial charge is 0.118 e. The van der Waals surface area contributed by atoms with Gasteiger partial charge < -0.3 is 9.64 Å². The number of benzene rings is 1. The van der Waals surface area contributed by atoms with Gasteiger partial charge in [-0.2, -0.15) is 5.26 Å². The van der Waals surface area contributed by atoms with Crippen LogP contribution in [0.5, 0.6) is 5.75 Å². The van der Waals surface area contributed by atoms with Crippen LogP contribution >= 0.6 is 0 Å². The summed E-state index contributed by atoms with van der Waals surface area (Å²) in [5, 5.41) is 8.70. The first-order valence-electron chi connectivity index (χ1n) is 6.88. The Bertz CT molecular complexity index is 392. The second kappa shape index (κ2) is 8.55. The molecule has 3 nitrogen and oxygen atoms in total. The van der Waals surface area contributed by atoms with Gasteiger partial charge in [0.2, 0.25) is 0 Å². The Labute approximate surface area is 116 Å². The Morgan fingerprint density at radius 3 is 2.42 bits per heavy atom. The van der Waals surface area contributed by atoms with E-state index in [9.17, 15) is 0 Å². The fourth-order valence-corrected chi connectivity index (χ4v) is 2.10. The van der Waals surface area contributed by atoms with Gasteiger partial charge in [0.25, 0.3) is 0 Å². The number of rotatable bonds is 8. The van der Waals surface area contributed by atoms with Crippen molar-refractivity contribution in [2.75, 3.05) is 26.7 Å². The molecule has 1 aromatic carbocycles. The van der Waals surface area contributed by atoms with E-state index in [4.69, 9.17) is 10.00 Å². The first-order valence-corrected chi connectivity index (χ1v) is 6.88. The van der Waals surface area contributed by atoms with E-state index in [1.165, 1.54) is 5.56 Å². The highest BCUT2D eigenvalue weighted by molar-refractivity contribution is 5.27. The molecule has 3 heteroatoms. The van der Waals surface area contributed by atoms with Crippen molar-refractivity contribution >= 4 is 0 Å². The second-order valence-corrected chi connectivity index (χ2v) is 5.20. The summed E-state index contributed by atoms with van der Waals surface area (Å²) in [5.74, 6) is 1.53. The normalized spacial score (nSPS) is 10.7. The standard InChI is InChI=1S/C16H24N2O/c1-14(2)13-18(11-4-10-17)12-9-15-5-7-16(19-3)8-6-15/h5-8,14H,4,9,11-13H2,1-3H3. The minimum atomic E-state index is 0.606. The third-order valence-corrected chi connectivity index (χ3v) is 3.04. The Balaban J connectivity index is 2.47. The van der Waals surface area contributed by atoms with Gasteiger partial charge in [0.1, 0.15) is 5.75 Å². The summed E-state index contributed by atoms with van der Waals surface area (Å²) in [4.78, 5) is 2.37. The second-order valence-electron chi connectivity index (χ2n) is 5.20. The van der Waals surface area contributed by atoms with Crippen LogP contribution in [0.1, 0.15) is 25.8 Å². The summed E-state index contributed by atoms with van der Waals surface area (Å²) in [5.41, 5.74) is 1.31. The predicted molar refractivity (Wildman–Crippen MR) is 78.2 cm³/mol. The highest BCUT2D eigenvalue weighted by Gasteiger charge is 2.07. The molecular formula is C16H24N2O. The number of nitriles is 1. The molecule has 0 spiro atoms. The van der Waals surface area contributed by atoms with Crippen molar-refractivity contribution in [3.8, 4) is 11.8 Å². The predicted octanol–water partition coefficient (Wildman–Crippen LogP) is 3.11. The molecule has 0 heterocycles. The Hall–Kier alpha value is -1.53. The molecule has 0 fully saturated rings. The quantitative estimate of drug-likeness (QED) is 0.720. The number of hydrogen-bond donors (Lipinski definition) is 0. The van der Waals surface area contributed by atoms with Crippen LogP contribution in [0.4, 0.5) is 0 Å². The maximum Gasteiger partial charge on any atom is 0.118 e. The van der Waals surface area contributed by atoms with Crippen molar-refractivity contribution in [2.24, 2.45) is 5.92 Å². The van der Waals surface area contributed by atoms with Crippen LogP contribution in [0.15, 0.2) is 24.3 Å². The van der Waals surface area contributed by atoms with Crippen molar-refractivity contribution in [3.05, 3.63) is 29.8 Å². The molecule has 0 aromatic heterocycles. The highest BCUT2D eigenvalue weighted by atomic mass is 16.5. The minimum Gasteiger partial charge on any atom is -0.497 e. The summed E-state index contributed by atoms with van der Waals surface area (Å²) in [6.45, 7) is 7.36. The molecule has 0 aliphatic rings. The maximum atomic E-state index is 8.70. The largest absolute Gasteiger partial charge is 0.497 e. The van der Waals surface area contributed by atoms with Gasteiger partial charge >= 0.3 is 0 Å². The Morgan fingerprint density at radius 1 is 1.21 bits per heavy atom. The lowest BCUT2D eigenvalue weighted by molar-refractivity contribution is 0.252. The fraction of sp³-hybridized carbons (Fsp3) is 0.562. The van der Waals surface area contributed by atoms with Gasteiger partial charge in [-0.05, 0) is 30.0 Å². The summed E-state index contributed by atoms with van der Waals surface area (Å²) in [6.07, 6.45) is 1.62. The average molecular weight is 260 g/mol. The molecule has 0 amide bonds. The SMILES string of the molecule is COc1ccc(CCN(CCC#N)CC(C)C)cc1. The molecule has 0 N–H and O–H groups in total. The summed E-state index contributed by atoms with van der Waals surface area (Å²) in [7, 11) is 1.68. The number of hydrogen-bond acceptors (Lipinski definition) is 3. The molecule has 19 heavy (non-hydrogen) atoms. The summed E-state index contributed by atoms with van der Waals surface area (Å²) in [6, 6.07) is 10.4. The van der Waals surface area contributed by atoms with Crippen LogP contribution < -0.4 is 4.74 Å². The lowest BCUT2D eigenvalue weighted by Crippen LogP contribution is -2.30. The van der Waals surface area contributed by atoms with Crippen molar-refractivity contribution in [1.82, 2.24) is 4.90 Å². The van der Waals surface area contributed by atoms with Crippen LogP contribution in [0, 0.1) is 17.2 Å². The van der Waals surface area contributed by atoms with Gasteiger partial charge in [-0.25, -0.2) is 0 Å². The molecular weight excluding hydrogens is 236 g/mol. The summed E-state index contributed by atoms with van der Waals surface area (Å²) < 4.78 is 5.15. The zero-order valence-corrected chi connectivity index (χ0v) is 12.2. The van der Waals surface area contributed by atoms with Crippen LogP contribution in [0.2, 0.25) is 0 Å². The van der Waals surface area contributed by atoms with Crippen LogP contribution in [-0.4, -0.2) is 31.6 Å². The first kappa shape index (κ1) is 15.5. The zero-order chi connectivity index (χ0) is 14.1. The zero-order valence-electron chi connectivity index (χ0n) is 12.2. The fourth-order valence-electron chi connectivity index (χ4n) is 2.10. The van der Waals surface area contributed by atoms with E-state index in [1.807, 2.05) is 12.1 Å². The Morgan fingerprint density at radius 2 is 1.89 bits per heavy atom. The molecule has 1 aromatic rings. The van der Waals surface area contributed by atoms with E-state index in [0.717, 1.165) is 31.8 Å². The third-order valence-electron chi connectivity index (χ3n) is 3.04. The van der Waals surface area contributed by atoms with Crippen molar-refractivity contribution in [2.45, 2.75) is 26.7 Å². The van der Waals surface area contributed by atoms with E-state index < -0.39 is 0 Å². The summed E-state index contributed by atoms with van der Waals surface area (Å²) >= 11 is 0. The van der Waals surface area contributed by atoms with E-state index in [1.54, 1.807) is 7.11 Å². The van der Waals surface area contributed by atoms with Gasteiger partial charge in [-0.3, -0.25) is 0 Å². The number of methoxy groups -OCH3 is 1. The van der Waals surface area contributed by atoms with Gasteiger partial charge in [0.05, 0.1) is 13.2 Å². The van der Waals surface area contributed by atoms with Gasteiger partial charge in [-0.15, -0.1) is 0 Å². The maximum absolute atomic E-state index is 8.70. The lowest BCUT2D eigenvalue weighted by Gasteiger charge is -2.23. The highest BCUT2D eigenvalue weighted by Crippen LogP contribution is 2.12. The molecule has 0 unspecified atom stereocenters. The third kappa shape index (κ3) is 6.26. The lowest BCUT2D eigenvalue weighted by atomic mass is 10.1. The molecule has 0 aliphatic carbocycles. The van der Waals surface area contributed by atoms with Crippen molar-refractivity contribution in [1.29, 1.82) is 5.26 Å². The topological polar surface area (TPSA) is 36.3 Å². The number of ether oxygens (including phenoxy) is 1. The molecule has 0 aliphatic heterocycles. The molecule has 0 saturated carbocycles. The van der Waals surface area contributed by atoms with Gasteiger partial charge in [0.15, 0.2) is 0 Å². The van der Waals surface area contributed by atoms with Crippen LogP contribution in [0.25, 0.3) is 0 Å². The molecule has 0 saturated heterocycles. The first-order chi connectivity index (χ1) is 9.15. The van der Waals surface area contributed by atoms with Crippen molar-refractivity contribution < 1.29 is 4.74 Å².